The molecular formula is C15H19NO4. The zero-order valence-corrected chi connectivity index (χ0v) is 11.9. The van der Waals surface area contributed by atoms with Gasteiger partial charge in [-0.05, 0) is 38.5 Å². The van der Waals surface area contributed by atoms with Gasteiger partial charge in [-0.15, -0.1) is 0 Å². The third-order valence-electron chi connectivity index (χ3n) is 4.45. The molecule has 0 amide bonds. The Bertz CT molecular complexity index is 525. The summed E-state index contributed by atoms with van der Waals surface area (Å²) in [5, 5.41) is 0. The molecule has 0 fully saturated rings. The van der Waals surface area contributed by atoms with E-state index < -0.39 is 11.9 Å². The highest BCUT2D eigenvalue weighted by molar-refractivity contribution is 6.05. The van der Waals surface area contributed by atoms with Gasteiger partial charge in [-0.3, -0.25) is 0 Å². The Morgan fingerprint density at radius 1 is 0.950 bits per heavy atom. The Labute approximate surface area is 117 Å². The SMILES string of the molecule is COC(=O)c1c(C(=O)OC)c2n3c1CCCC3CCC2. The van der Waals surface area contributed by atoms with Crippen molar-refractivity contribution in [3.8, 4) is 0 Å². The number of ether oxygens (including phenoxy) is 2. The second-order valence-electron chi connectivity index (χ2n) is 5.43. The van der Waals surface area contributed by atoms with Gasteiger partial charge in [0, 0.05) is 17.4 Å². The van der Waals surface area contributed by atoms with Crippen LogP contribution in [0.3, 0.4) is 0 Å². The number of rotatable bonds is 2. The topological polar surface area (TPSA) is 57.5 Å². The van der Waals surface area contributed by atoms with Crippen LogP contribution in [-0.2, 0) is 22.3 Å². The maximum atomic E-state index is 12.1. The van der Waals surface area contributed by atoms with Gasteiger partial charge < -0.3 is 14.0 Å². The minimum absolute atomic E-state index is 0.421. The van der Waals surface area contributed by atoms with E-state index in [4.69, 9.17) is 9.47 Å². The van der Waals surface area contributed by atoms with Crippen LogP contribution < -0.4 is 0 Å². The van der Waals surface area contributed by atoms with E-state index in [9.17, 15) is 9.59 Å². The van der Waals surface area contributed by atoms with Crippen LogP contribution in [-0.4, -0.2) is 30.7 Å². The zero-order valence-electron chi connectivity index (χ0n) is 11.9. The molecule has 108 valence electrons. The molecule has 0 aromatic carbocycles. The van der Waals surface area contributed by atoms with Gasteiger partial charge in [-0.2, -0.15) is 0 Å². The van der Waals surface area contributed by atoms with E-state index >= 15 is 0 Å². The number of esters is 2. The molecule has 3 heterocycles. The van der Waals surface area contributed by atoms with Crippen molar-refractivity contribution in [3.63, 3.8) is 0 Å². The summed E-state index contributed by atoms with van der Waals surface area (Å²) in [6.45, 7) is 0. The number of carbonyl (C=O) groups excluding carboxylic acids is 2. The first-order chi connectivity index (χ1) is 9.69. The molecule has 0 radical (unpaired) electrons. The summed E-state index contributed by atoms with van der Waals surface area (Å²) >= 11 is 0. The number of hydrogen-bond acceptors (Lipinski definition) is 4. The second-order valence-corrected chi connectivity index (χ2v) is 5.43. The summed E-state index contributed by atoms with van der Waals surface area (Å²) in [6.07, 6.45) is 6.00. The van der Waals surface area contributed by atoms with Crippen LogP contribution >= 0.6 is 0 Å². The Morgan fingerprint density at radius 2 is 1.40 bits per heavy atom. The maximum Gasteiger partial charge on any atom is 0.340 e. The van der Waals surface area contributed by atoms with Gasteiger partial charge in [0.05, 0.1) is 25.3 Å². The van der Waals surface area contributed by atoms with Crippen LogP contribution in [0.1, 0.15) is 63.8 Å². The fraction of sp³-hybridized carbons (Fsp3) is 0.600. The lowest BCUT2D eigenvalue weighted by Crippen LogP contribution is -2.24. The van der Waals surface area contributed by atoms with Crippen LogP contribution in [0.15, 0.2) is 0 Å². The van der Waals surface area contributed by atoms with Crippen molar-refractivity contribution >= 4 is 11.9 Å². The Balaban J connectivity index is 2.27. The van der Waals surface area contributed by atoms with Gasteiger partial charge in [-0.1, -0.05) is 0 Å². The molecule has 0 aliphatic carbocycles. The fourth-order valence-electron chi connectivity index (χ4n) is 3.68. The first kappa shape index (κ1) is 13.2. The standard InChI is InChI=1S/C15H19NO4/c1-19-14(17)12-10-7-3-5-9-6-4-8-11(16(9)10)13(12)15(18)20-2/h9H,3-8H2,1-2H3. The fourth-order valence-corrected chi connectivity index (χ4v) is 3.68. The van der Waals surface area contributed by atoms with Gasteiger partial charge in [0.2, 0.25) is 0 Å². The first-order valence-corrected chi connectivity index (χ1v) is 7.11. The number of hydrogen-bond donors (Lipinski definition) is 0. The molecule has 0 N–H and O–H groups in total. The van der Waals surface area contributed by atoms with Crippen LogP contribution in [0, 0.1) is 0 Å². The molecule has 0 saturated carbocycles. The van der Waals surface area contributed by atoms with Gasteiger partial charge >= 0.3 is 11.9 Å². The van der Waals surface area contributed by atoms with E-state index in [0.29, 0.717) is 17.2 Å². The summed E-state index contributed by atoms with van der Waals surface area (Å²) < 4.78 is 12.0. The van der Waals surface area contributed by atoms with Gasteiger partial charge in [0.25, 0.3) is 0 Å². The summed E-state index contributed by atoms with van der Waals surface area (Å²) in [7, 11) is 2.71. The maximum absolute atomic E-state index is 12.1. The van der Waals surface area contributed by atoms with Crippen molar-refractivity contribution in [2.45, 2.75) is 44.6 Å². The molecule has 5 heteroatoms. The van der Waals surface area contributed by atoms with Crippen LogP contribution in [0.2, 0.25) is 0 Å². The molecule has 1 aromatic heterocycles. The van der Waals surface area contributed by atoms with E-state index in [1.807, 2.05) is 0 Å². The van der Waals surface area contributed by atoms with Crippen molar-refractivity contribution in [3.05, 3.63) is 22.5 Å². The summed E-state index contributed by atoms with van der Waals surface area (Å²) in [4.78, 5) is 24.3. The average Bonchev–Trinajstić information content (AvgIpc) is 2.83. The highest BCUT2D eigenvalue weighted by Gasteiger charge is 2.37. The average molecular weight is 277 g/mol. The van der Waals surface area contributed by atoms with E-state index in [0.717, 1.165) is 49.9 Å². The molecule has 0 saturated heterocycles. The second kappa shape index (κ2) is 4.96. The predicted molar refractivity (Wildman–Crippen MR) is 72.0 cm³/mol. The molecule has 2 aliphatic rings. The molecule has 2 aliphatic heterocycles. The van der Waals surface area contributed by atoms with Crippen molar-refractivity contribution in [2.75, 3.05) is 14.2 Å². The monoisotopic (exact) mass is 277 g/mol. The number of methoxy groups -OCH3 is 2. The van der Waals surface area contributed by atoms with Crippen molar-refractivity contribution in [2.24, 2.45) is 0 Å². The van der Waals surface area contributed by atoms with Gasteiger partial charge in [0.1, 0.15) is 0 Å². The van der Waals surface area contributed by atoms with E-state index in [2.05, 4.69) is 4.57 Å². The van der Waals surface area contributed by atoms with Gasteiger partial charge in [-0.25, -0.2) is 9.59 Å². The summed E-state index contributed by atoms with van der Waals surface area (Å²) in [5.41, 5.74) is 2.79. The lowest BCUT2D eigenvalue weighted by molar-refractivity contribution is 0.0555. The normalized spacial score (nSPS) is 17.5. The molecule has 5 nitrogen and oxygen atoms in total. The molecule has 0 atom stereocenters. The molecule has 20 heavy (non-hydrogen) atoms. The quantitative estimate of drug-likeness (QED) is 0.778. The van der Waals surface area contributed by atoms with E-state index in [1.54, 1.807) is 0 Å². The number of aromatic nitrogens is 1. The Morgan fingerprint density at radius 3 is 1.80 bits per heavy atom. The van der Waals surface area contributed by atoms with Gasteiger partial charge in [0.15, 0.2) is 0 Å². The number of carbonyl (C=O) groups is 2. The van der Waals surface area contributed by atoms with Crippen molar-refractivity contribution < 1.29 is 19.1 Å². The van der Waals surface area contributed by atoms with Crippen LogP contribution in [0.5, 0.6) is 0 Å². The lowest BCUT2D eigenvalue weighted by Gasteiger charge is -2.32. The molecule has 3 rings (SSSR count). The smallest absolute Gasteiger partial charge is 0.340 e. The predicted octanol–water partition coefficient (Wildman–Crippen LogP) is 2.28. The Hall–Kier alpha value is -1.78. The molecule has 0 spiro atoms. The number of nitrogens with zero attached hydrogens (tertiary/aromatic N) is 1. The lowest BCUT2D eigenvalue weighted by atomic mass is 9.94. The summed E-state index contributed by atoms with van der Waals surface area (Å²) in [6, 6.07) is 0.421. The largest absolute Gasteiger partial charge is 0.465 e. The Kier molecular flexibility index (Phi) is 3.28. The third kappa shape index (κ3) is 1.76. The zero-order chi connectivity index (χ0) is 14.3. The molecule has 0 unspecified atom stereocenters. The third-order valence-corrected chi connectivity index (χ3v) is 4.45. The van der Waals surface area contributed by atoms with Crippen LogP contribution in [0.4, 0.5) is 0 Å². The molecule has 0 bridgehead atoms. The van der Waals surface area contributed by atoms with Crippen molar-refractivity contribution in [1.82, 2.24) is 4.57 Å². The van der Waals surface area contributed by atoms with Crippen LogP contribution in [0.25, 0.3) is 0 Å². The summed E-state index contributed by atoms with van der Waals surface area (Å²) in [5.74, 6) is -0.856. The van der Waals surface area contributed by atoms with Crippen molar-refractivity contribution in [1.29, 1.82) is 0 Å². The van der Waals surface area contributed by atoms with E-state index in [1.165, 1.54) is 14.2 Å². The highest BCUT2D eigenvalue weighted by atomic mass is 16.5. The first-order valence-electron chi connectivity index (χ1n) is 7.11. The minimum atomic E-state index is -0.428. The molecule has 1 aromatic rings. The minimum Gasteiger partial charge on any atom is -0.465 e. The highest BCUT2D eigenvalue weighted by Crippen LogP contribution is 2.40. The van der Waals surface area contributed by atoms with E-state index in [-0.39, 0.29) is 0 Å². The molecular weight excluding hydrogens is 258 g/mol.